The first kappa shape index (κ1) is 14.1. The first-order chi connectivity index (χ1) is 7.72. The largest absolute Gasteiger partial charge is 0.0654 e. The minimum atomic E-state index is 0.905. The first-order valence-electron chi connectivity index (χ1n) is 7.72. The standard InChI is InChI=1S/C16H32/c1-4-5-6-7-15-10-12-16(13-11-15)9-8-14(2)3/h14-16H,4-13H2,1-3H3. The molecule has 1 aliphatic rings. The monoisotopic (exact) mass is 224 g/mol. The van der Waals surface area contributed by atoms with Crippen molar-refractivity contribution in [3.8, 4) is 0 Å². The number of hydrogen-bond donors (Lipinski definition) is 0. The molecule has 96 valence electrons. The van der Waals surface area contributed by atoms with Crippen molar-refractivity contribution in [2.75, 3.05) is 0 Å². The van der Waals surface area contributed by atoms with E-state index in [9.17, 15) is 0 Å². The molecule has 0 aliphatic heterocycles. The van der Waals surface area contributed by atoms with Crippen molar-refractivity contribution in [3.05, 3.63) is 0 Å². The maximum Gasteiger partial charge on any atom is -0.0414 e. The van der Waals surface area contributed by atoms with Crippen LogP contribution in [-0.2, 0) is 0 Å². The summed E-state index contributed by atoms with van der Waals surface area (Å²) in [6.07, 6.45) is 14.9. The lowest BCUT2D eigenvalue weighted by Gasteiger charge is -2.29. The molecule has 0 nitrogen and oxygen atoms in total. The van der Waals surface area contributed by atoms with E-state index in [4.69, 9.17) is 0 Å². The van der Waals surface area contributed by atoms with E-state index in [0.29, 0.717) is 0 Å². The molecule has 0 amide bonds. The molecule has 0 aromatic carbocycles. The molecule has 0 radical (unpaired) electrons. The summed E-state index contributed by atoms with van der Waals surface area (Å²) in [6, 6.07) is 0. The summed E-state index contributed by atoms with van der Waals surface area (Å²) >= 11 is 0. The van der Waals surface area contributed by atoms with Crippen molar-refractivity contribution in [1.82, 2.24) is 0 Å². The number of unbranched alkanes of at least 4 members (excludes halogenated alkanes) is 2. The van der Waals surface area contributed by atoms with E-state index < -0.39 is 0 Å². The molecule has 0 spiro atoms. The van der Waals surface area contributed by atoms with E-state index in [2.05, 4.69) is 20.8 Å². The van der Waals surface area contributed by atoms with Gasteiger partial charge >= 0.3 is 0 Å². The topological polar surface area (TPSA) is 0 Å². The molecule has 1 rings (SSSR count). The Morgan fingerprint density at radius 3 is 1.94 bits per heavy atom. The Kier molecular flexibility index (Phi) is 7.16. The van der Waals surface area contributed by atoms with Crippen molar-refractivity contribution in [2.45, 2.75) is 85.0 Å². The molecule has 0 atom stereocenters. The highest BCUT2D eigenvalue weighted by molar-refractivity contribution is 4.73. The van der Waals surface area contributed by atoms with Crippen LogP contribution in [0.1, 0.15) is 85.0 Å². The Labute approximate surface area is 103 Å². The van der Waals surface area contributed by atoms with Crippen LogP contribution in [0.3, 0.4) is 0 Å². The minimum absolute atomic E-state index is 0.905. The van der Waals surface area contributed by atoms with Gasteiger partial charge < -0.3 is 0 Å². The van der Waals surface area contributed by atoms with Crippen LogP contribution < -0.4 is 0 Å². The van der Waals surface area contributed by atoms with Crippen LogP contribution in [0.25, 0.3) is 0 Å². The van der Waals surface area contributed by atoms with Crippen LogP contribution in [0.4, 0.5) is 0 Å². The normalized spacial score (nSPS) is 26.2. The van der Waals surface area contributed by atoms with Crippen LogP contribution in [0.15, 0.2) is 0 Å². The maximum absolute atomic E-state index is 2.36. The summed E-state index contributed by atoms with van der Waals surface area (Å²) in [5, 5.41) is 0. The van der Waals surface area contributed by atoms with E-state index in [0.717, 1.165) is 17.8 Å². The summed E-state index contributed by atoms with van der Waals surface area (Å²) in [5.74, 6) is 3.06. The zero-order valence-electron chi connectivity index (χ0n) is 11.8. The Morgan fingerprint density at radius 1 is 0.875 bits per heavy atom. The average Bonchev–Trinajstić information content (AvgIpc) is 2.28. The van der Waals surface area contributed by atoms with Gasteiger partial charge in [0.15, 0.2) is 0 Å². The van der Waals surface area contributed by atoms with E-state index >= 15 is 0 Å². The zero-order chi connectivity index (χ0) is 11.8. The average molecular weight is 224 g/mol. The van der Waals surface area contributed by atoms with Crippen LogP contribution in [-0.4, -0.2) is 0 Å². The third-order valence-corrected chi connectivity index (χ3v) is 4.33. The lowest BCUT2D eigenvalue weighted by atomic mass is 9.77. The SMILES string of the molecule is CCCCCC1CCC(CCC(C)C)CC1. The van der Waals surface area contributed by atoms with Gasteiger partial charge in [-0.2, -0.15) is 0 Å². The predicted molar refractivity (Wildman–Crippen MR) is 73.7 cm³/mol. The summed E-state index contributed by atoms with van der Waals surface area (Å²) < 4.78 is 0. The molecular formula is C16H32. The lowest BCUT2D eigenvalue weighted by Crippen LogP contribution is -2.15. The molecule has 1 aliphatic carbocycles. The Bertz CT molecular complexity index is 151. The van der Waals surface area contributed by atoms with Gasteiger partial charge in [0, 0.05) is 0 Å². The lowest BCUT2D eigenvalue weighted by molar-refractivity contribution is 0.240. The molecule has 1 fully saturated rings. The van der Waals surface area contributed by atoms with Crippen LogP contribution in [0, 0.1) is 17.8 Å². The fraction of sp³-hybridized carbons (Fsp3) is 1.00. The third kappa shape index (κ3) is 5.92. The Morgan fingerprint density at radius 2 is 1.44 bits per heavy atom. The van der Waals surface area contributed by atoms with Gasteiger partial charge in [-0.05, 0) is 17.8 Å². The Balaban J connectivity index is 2.04. The smallest absolute Gasteiger partial charge is 0.0414 e. The van der Waals surface area contributed by atoms with E-state index in [-0.39, 0.29) is 0 Å². The molecule has 0 N–H and O–H groups in total. The van der Waals surface area contributed by atoms with E-state index in [1.54, 1.807) is 0 Å². The second kappa shape index (κ2) is 8.14. The van der Waals surface area contributed by atoms with Crippen LogP contribution in [0.2, 0.25) is 0 Å². The molecule has 0 aromatic heterocycles. The van der Waals surface area contributed by atoms with Gasteiger partial charge in [-0.3, -0.25) is 0 Å². The van der Waals surface area contributed by atoms with Crippen molar-refractivity contribution in [3.63, 3.8) is 0 Å². The molecule has 0 bridgehead atoms. The van der Waals surface area contributed by atoms with Gasteiger partial charge in [0.05, 0.1) is 0 Å². The highest BCUT2D eigenvalue weighted by Gasteiger charge is 2.20. The number of rotatable bonds is 7. The molecule has 0 heterocycles. The van der Waals surface area contributed by atoms with Crippen LogP contribution >= 0.6 is 0 Å². The molecule has 0 saturated heterocycles. The molecule has 0 heteroatoms. The van der Waals surface area contributed by atoms with Crippen molar-refractivity contribution in [1.29, 1.82) is 0 Å². The van der Waals surface area contributed by atoms with Gasteiger partial charge in [-0.25, -0.2) is 0 Å². The van der Waals surface area contributed by atoms with Crippen molar-refractivity contribution < 1.29 is 0 Å². The van der Waals surface area contributed by atoms with E-state index in [1.807, 2.05) is 0 Å². The van der Waals surface area contributed by atoms with Gasteiger partial charge in [-0.1, -0.05) is 85.0 Å². The van der Waals surface area contributed by atoms with Gasteiger partial charge in [-0.15, -0.1) is 0 Å². The summed E-state index contributed by atoms with van der Waals surface area (Å²) in [4.78, 5) is 0. The second-order valence-corrected chi connectivity index (χ2v) is 6.35. The van der Waals surface area contributed by atoms with Crippen molar-refractivity contribution in [2.24, 2.45) is 17.8 Å². The number of hydrogen-bond acceptors (Lipinski definition) is 0. The highest BCUT2D eigenvalue weighted by atomic mass is 14.3. The fourth-order valence-corrected chi connectivity index (χ4v) is 3.06. The molecular weight excluding hydrogens is 192 g/mol. The predicted octanol–water partition coefficient (Wildman–Crippen LogP) is 5.81. The van der Waals surface area contributed by atoms with Crippen molar-refractivity contribution >= 4 is 0 Å². The minimum Gasteiger partial charge on any atom is -0.0654 e. The summed E-state index contributed by atoms with van der Waals surface area (Å²) in [5.41, 5.74) is 0. The third-order valence-electron chi connectivity index (χ3n) is 4.33. The molecule has 0 unspecified atom stereocenters. The zero-order valence-corrected chi connectivity index (χ0v) is 11.8. The fourth-order valence-electron chi connectivity index (χ4n) is 3.06. The van der Waals surface area contributed by atoms with Gasteiger partial charge in [0.1, 0.15) is 0 Å². The summed E-state index contributed by atoms with van der Waals surface area (Å²) in [6.45, 7) is 7.02. The van der Waals surface area contributed by atoms with Crippen LogP contribution in [0.5, 0.6) is 0 Å². The van der Waals surface area contributed by atoms with Gasteiger partial charge in [0.2, 0.25) is 0 Å². The Hall–Kier alpha value is 0. The molecule has 16 heavy (non-hydrogen) atoms. The molecule has 0 aromatic rings. The second-order valence-electron chi connectivity index (χ2n) is 6.35. The van der Waals surface area contributed by atoms with Gasteiger partial charge in [0.25, 0.3) is 0 Å². The van der Waals surface area contributed by atoms with E-state index in [1.165, 1.54) is 64.2 Å². The highest BCUT2D eigenvalue weighted by Crippen LogP contribution is 2.34. The molecule has 1 saturated carbocycles. The quantitative estimate of drug-likeness (QED) is 0.479. The summed E-state index contributed by atoms with van der Waals surface area (Å²) in [7, 11) is 0. The maximum atomic E-state index is 2.36. The first-order valence-corrected chi connectivity index (χ1v) is 7.72.